The van der Waals surface area contributed by atoms with Crippen LogP contribution in [0.4, 0.5) is 0 Å². The molecule has 0 atom stereocenters. The molecule has 0 unspecified atom stereocenters. The summed E-state index contributed by atoms with van der Waals surface area (Å²) in [6, 6.07) is 10.2. The summed E-state index contributed by atoms with van der Waals surface area (Å²) >= 11 is 3.60. The molecule has 21 heavy (non-hydrogen) atoms. The summed E-state index contributed by atoms with van der Waals surface area (Å²) < 4.78 is 2.83. The number of hydrogen-bond donors (Lipinski definition) is 0. The normalized spacial score (nSPS) is 16.0. The molecule has 1 aliphatic carbocycles. The van der Waals surface area contributed by atoms with Gasteiger partial charge in [-0.25, -0.2) is 0 Å². The molecule has 0 amide bonds. The number of Topliss-reactive ketones (excluding diaryl/α,β-unsaturated/α-hetero) is 1. The summed E-state index contributed by atoms with van der Waals surface area (Å²) in [4.78, 5) is 12.8. The first-order valence-electron chi connectivity index (χ1n) is 7.37. The SMILES string of the molecule is CCc1nn(C)c(CC(=O)C2(c3ccccc3)CC2)c1Br. The number of carbonyl (C=O) groups is 1. The standard InChI is InChI=1S/C17H19BrN2O/c1-3-13-16(18)14(20(2)19-13)11-15(21)17(9-10-17)12-7-5-4-6-8-12/h4-8H,3,9-11H2,1-2H3. The monoisotopic (exact) mass is 346 g/mol. The van der Waals surface area contributed by atoms with Gasteiger partial charge in [-0.05, 0) is 40.8 Å². The number of aromatic nitrogens is 2. The van der Waals surface area contributed by atoms with Crippen LogP contribution in [0.2, 0.25) is 0 Å². The maximum atomic E-state index is 12.8. The first kappa shape index (κ1) is 14.5. The Bertz CT molecular complexity index is 672. The molecular weight excluding hydrogens is 328 g/mol. The Kier molecular flexibility index (Phi) is 3.74. The molecule has 1 aromatic carbocycles. The van der Waals surface area contributed by atoms with Crippen molar-refractivity contribution in [3.05, 3.63) is 51.8 Å². The molecular formula is C17H19BrN2O. The van der Waals surface area contributed by atoms with Gasteiger partial charge in [-0.15, -0.1) is 0 Å². The number of carbonyl (C=O) groups excluding carboxylic acids is 1. The van der Waals surface area contributed by atoms with Crippen molar-refractivity contribution in [2.75, 3.05) is 0 Å². The largest absolute Gasteiger partial charge is 0.298 e. The highest BCUT2D eigenvalue weighted by atomic mass is 79.9. The maximum Gasteiger partial charge on any atom is 0.149 e. The summed E-state index contributed by atoms with van der Waals surface area (Å²) in [6.07, 6.45) is 3.24. The number of benzene rings is 1. The Morgan fingerprint density at radius 3 is 2.52 bits per heavy atom. The molecule has 3 nitrogen and oxygen atoms in total. The van der Waals surface area contributed by atoms with E-state index in [1.807, 2.05) is 29.9 Å². The van der Waals surface area contributed by atoms with E-state index >= 15 is 0 Å². The molecule has 4 heteroatoms. The second kappa shape index (κ2) is 5.41. The van der Waals surface area contributed by atoms with Gasteiger partial charge in [-0.3, -0.25) is 9.48 Å². The predicted octanol–water partition coefficient (Wildman–Crippen LogP) is 3.59. The van der Waals surface area contributed by atoms with Gasteiger partial charge < -0.3 is 0 Å². The lowest BCUT2D eigenvalue weighted by Gasteiger charge is -2.14. The first-order chi connectivity index (χ1) is 10.1. The van der Waals surface area contributed by atoms with Crippen LogP contribution in [0.15, 0.2) is 34.8 Å². The number of halogens is 1. The minimum atomic E-state index is -0.253. The number of ketones is 1. The molecule has 0 aliphatic heterocycles. The molecule has 0 N–H and O–H groups in total. The quantitative estimate of drug-likeness (QED) is 0.829. The van der Waals surface area contributed by atoms with Gasteiger partial charge in [0.25, 0.3) is 0 Å². The summed E-state index contributed by atoms with van der Waals surface area (Å²) in [5.41, 5.74) is 2.91. The molecule has 0 bridgehead atoms. The third-order valence-electron chi connectivity index (χ3n) is 4.44. The lowest BCUT2D eigenvalue weighted by molar-refractivity contribution is -0.120. The van der Waals surface area contributed by atoms with Crippen molar-refractivity contribution in [2.24, 2.45) is 7.05 Å². The average Bonchev–Trinajstić information content (AvgIpc) is 3.27. The molecule has 3 rings (SSSR count). The fraction of sp³-hybridized carbons (Fsp3) is 0.412. The molecule has 1 aromatic heterocycles. The first-order valence-corrected chi connectivity index (χ1v) is 8.17. The predicted molar refractivity (Wildman–Crippen MR) is 86.4 cm³/mol. The molecule has 1 saturated carbocycles. The van der Waals surface area contributed by atoms with Crippen LogP contribution in [0.5, 0.6) is 0 Å². The van der Waals surface area contributed by atoms with E-state index in [1.54, 1.807) is 0 Å². The van der Waals surface area contributed by atoms with Gasteiger partial charge >= 0.3 is 0 Å². The molecule has 0 spiro atoms. The fourth-order valence-electron chi connectivity index (χ4n) is 2.94. The van der Waals surface area contributed by atoms with Crippen molar-refractivity contribution in [3.8, 4) is 0 Å². The highest BCUT2D eigenvalue weighted by Gasteiger charge is 2.50. The van der Waals surface area contributed by atoms with Crippen LogP contribution < -0.4 is 0 Å². The van der Waals surface area contributed by atoms with Crippen molar-refractivity contribution in [3.63, 3.8) is 0 Å². The Labute approximate surface area is 133 Å². The second-order valence-corrected chi connectivity index (χ2v) is 6.53. The van der Waals surface area contributed by atoms with Crippen molar-refractivity contribution >= 4 is 21.7 Å². The van der Waals surface area contributed by atoms with E-state index in [9.17, 15) is 4.79 Å². The fourth-order valence-corrected chi connectivity index (χ4v) is 3.70. The van der Waals surface area contributed by atoms with Crippen LogP contribution in [0, 0.1) is 0 Å². The van der Waals surface area contributed by atoms with E-state index in [0.717, 1.165) is 40.7 Å². The van der Waals surface area contributed by atoms with Gasteiger partial charge in [0, 0.05) is 7.05 Å². The number of hydrogen-bond acceptors (Lipinski definition) is 2. The molecule has 110 valence electrons. The smallest absolute Gasteiger partial charge is 0.149 e. The van der Waals surface area contributed by atoms with Crippen LogP contribution in [-0.2, 0) is 30.1 Å². The number of aryl methyl sites for hydroxylation is 2. The molecule has 0 radical (unpaired) electrons. The van der Waals surface area contributed by atoms with Crippen molar-refractivity contribution in [1.82, 2.24) is 9.78 Å². The van der Waals surface area contributed by atoms with E-state index in [-0.39, 0.29) is 5.41 Å². The van der Waals surface area contributed by atoms with E-state index in [2.05, 4.69) is 40.1 Å². The van der Waals surface area contributed by atoms with Crippen LogP contribution in [-0.4, -0.2) is 15.6 Å². The zero-order valence-electron chi connectivity index (χ0n) is 12.4. The number of rotatable bonds is 5. The van der Waals surface area contributed by atoms with E-state index < -0.39 is 0 Å². The summed E-state index contributed by atoms with van der Waals surface area (Å²) in [6.45, 7) is 2.07. The molecule has 2 aromatic rings. The van der Waals surface area contributed by atoms with Gasteiger partial charge in [-0.2, -0.15) is 5.10 Å². The van der Waals surface area contributed by atoms with Gasteiger partial charge in [0.2, 0.25) is 0 Å². The summed E-state index contributed by atoms with van der Waals surface area (Å²) in [5, 5.41) is 4.47. The Morgan fingerprint density at radius 2 is 2.00 bits per heavy atom. The van der Waals surface area contributed by atoms with Crippen molar-refractivity contribution in [1.29, 1.82) is 0 Å². The van der Waals surface area contributed by atoms with Gasteiger partial charge in [-0.1, -0.05) is 37.3 Å². The van der Waals surface area contributed by atoms with Crippen LogP contribution in [0.1, 0.15) is 36.7 Å². The van der Waals surface area contributed by atoms with Gasteiger partial charge in [0.05, 0.1) is 27.7 Å². The van der Waals surface area contributed by atoms with Crippen LogP contribution in [0.25, 0.3) is 0 Å². The Hall–Kier alpha value is -1.42. The van der Waals surface area contributed by atoms with Gasteiger partial charge in [0.15, 0.2) is 0 Å². The molecule has 1 heterocycles. The lowest BCUT2D eigenvalue weighted by atomic mass is 9.89. The van der Waals surface area contributed by atoms with Crippen molar-refractivity contribution < 1.29 is 4.79 Å². The molecule has 0 saturated heterocycles. The van der Waals surface area contributed by atoms with Crippen molar-refractivity contribution in [2.45, 2.75) is 38.0 Å². The summed E-state index contributed by atoms with van der Waals surface area (Å²) in [5.74, 6) is 0.306. The highest BCUT2D eigenvalue weighted by molar-refractivity contribution is 9.10. The Morgan fingerprint density at radius 1 is 1.33 bits per heavy atom. The third-order valence-corrected chi connectivity index (χ3v) is 5.36. The maximum absolute atomic E-state index is 12.8. The zero-order valence-corrected chi connectivity index (χ0v) is 14.0. The highest BCUT2D eigenvalue weighted by Crippen LogP contribution is 2.49. The summed E-state index contributed by atoms with van der Waals surface area (Å²) in [7, 11) is 1.91. The second-order valence-electron chi connectivity index (χ2n) is 5.73. The van der Waals surface area contributed by atoms with E-state index in [1.165, 1.54) is 0 Å². The third kappa shape index (κ3) is 2.46. The molecule has 1 fully saturated rings. The number of nitrogens with zero attached hydrogens (tertiary/aromatic N) is 2. The lowest BCUT2D eigenvalue weighted by Crippen LogP contribution is -2.23. The van der Waals surface area contributed by atoms with Gasteiger partial charge in [0.1, 0.15) is 5.78 Å². The van der Waals surface area contributed by atoms with E-state index in [0.29, 0.717) is 12.2 Å². The molecule has 1 aliphatic rings. The minimum Gasteiger partial charge on any atom is -0.298 e. The van der Waals surface area contributed by atoms with Crippen LogP contribution >= 0.6 is 15.9 Å². The van der Waals surface area contributed by atoms with Crippen LogP contribution in [0.3, 0.4) is 0 Å². The van der Waals surface area contributed by atoms with E-state index in [4.69, 9.17) is 0 Å². The minimum absolute atomic E-state index is 0.253. The Balaban J connectivity index is 1.86. The average molecular weight is 347 g/mol. The topological polar surface area (TPSA) is 34.9 Å². The zero-order chi connectivity index (χ0) is 15.0.